The molecule has 116 valence electrons. The van der Waals surface area contributed by atoms with Crippen molar-refractivity contribution in [3.8, 4) is 0 Å². The monoisotopic (exact) mass is 298 g/mol. The number of amides is 2. The standard InChI is InChI=1S/C18H22N2O2/c21-17(20-13-18(22)9-3-4-10-18)19-12-14-7-8-15-5-1-2-6-16(15)11-14/h1-2,5-8,11,22H,3-4,9-10,12-13H2,(H2,19,20,21). The molecule has 1 aliphatic carbocycles. The molecule has 0 aliphatic heterocycles. The van der Waals surface area contributed by atoms with E-state index in [1.165, 1.54) is 10.8 Å². The highest BCUT2D eigenvalue weighted by Gasteiger charge is 2.31. The van der Waals surface area contributed by atoms with E-state index >= 15 is 0 Å². The molecule has 0 heterocycles. The van der Waals surface area contributed by atoms with Gasteiger partial charge in [-0.2, -0.15) is 0 Å². The van der Waals surface area contributed by atoms with E-state index in [1.807, 2.05) is 18.2 Å². The largest absolute Gasteiger partial charge is 0.388 e. The van der Waals surface area contributed by atoms with Crippen molar-refractivity contribution in [1.82, 2.24) is 10.6 Å². The molecule has 4 nitrogen and oxygen atoms in total. The van der Waals surface area contributed by atoms with Crippen LogP contribution in [0.4, 0.5) is 4.79 Å². The first-order chi connectivity index (χ1) is 10.6. The van der Waals surface area contributed by atoms with Crippen LogP contribution in [0.5, 0.6) is 0 Å². The summed E-state index contributed by atoms with van der Waals surface area (Å²) in [5.74, 6) is 0. The Morgan fingerprint density at radius 2 is 1.77 bits per heavy atom. The lowest BCUT2D eigenvalue weighted by molar-refractivity contribution is 0.0501. The number of carbonyl (C=O) groups is 1. The second kappa shape index (κ2) is 6.36. The number of aliphatic hydroxyl groups is 1. The van der Waals surface area contributed by atoms with Crippen LogP contribution >= 0.6 is 0 Å². The molecule has 22 heavy (non-hydrogen) atoms. The van der Waals surface area contributed by atoms with E-state index in [2.05, 4.69) is 34.9 Å². The fraction of sp³-hybridized carbons (Fsp3) is 0.389. The van der Waals surface area contributed by atoms with E-state index in [0.29, 0.717) is 13.1 Å². The third-order valence-electron chi connectivity index (χ3n) is 4.38. The van der Waals surface area contributed by atoms with E-state index in [9.17, 15) is 9.90 Å². The second-order valence-corrected chi connectivity index (χ2v) is 6.15. The van der Waals surface area contributed by atoms with Gasteiger partial charge in [0.25, 0.3) is 0 Å². The summed E-state index contributed by atoms with van der Waals surface area (Å²) in [6.45, 7) is 0.811. The van der Waals surface area contributed by atoms with Gasteiger partial charge in [-0.1, -0.05) is 49.2 Å². The summed E-state index contributed by atoms with van der Waals surface area (Å²) < 4.78 is 0. The first-order valence-electron chi connectivity index (χ1n) is 7.86. The van der Waals surface area contributed by atoms with E-state index in [0.717, 1.165) is 31.2 Å². The van der Waals surface area contributed by atoms with Crippen molar-refractivity contribution < 1.29 is 9.90 Å². The zero-order valence-corrected chi connectivity index (χ0v) is 12.6. The highest BCUT2D eigenvalue weighted by Crippen LogP contribution is 2.28. The molecule has 2 aromatic carbocycles. The van der Waals surface area contributed by atoms with E-state index in [-0.39, 0.29) is 6.03 Å². The highest BCUT2D eigenvalue weighted by atomic mass is 16.3. The van der Waals surface area contributed by atoms with Crippen LogP contribution in [0.25, 0.3) is 10.8 Å². The molecular weight excluding hydrogens is 276 g/mol. The van der Waals surface area contributed by atoms with Gasteiger partial charge in [0.1, 0.15) is 0 Å². The lowest BCUT2D eigenvalue weighted by atomic mass is 10.0. The van der Waals surface area contributed by atoms with Gasteiger partial charge in [-0.25, -0.2) is 4.79 Å². The summed E-state index contributed by atoms with van der Waals surface area (Å²) in [6.07, 6.45) is 3.63. The number of benzene rings is 2. The van der Waals surface area contributed by atoms with E-state index in [4.69, 9.17) is 0 Å². The smallest absolute Gasteiger partial charge is 0.315 e. The maximum Gasteiger partial charge on any atom is 0.315 e. The number of fused-ring (bicyclic) bond motifs is 1. The van der Waals surface area contributed by atoms with Gasteiger partial charge >= 0.3 is 6.03 Å². The topological polar surface area (TPSA) is 61.4 Å². The van der Waals surface area contributed by atoms with Gasteiger partial charge in [-0.15, -0.1) is 0 Å². The van der Waals surface area contributed by atoms with Crippen LogP contribution in [0, 0.1) is 0 Å². The Bertz CT molecular complexity index is 663. The zero-order chi connectivity index (χ0) is 15.4. The average Bonchev–Trinajstić information content (AvgIpc) is 2.98. The Morgan fingerprint density at radius 1 is 1.05 bits per heavy atom. The third kappa shape index (κ3) is 3.57. The minimum Gasteiger partial charge on any atom is -0.388 e. The second-order valence-electron chi connectivity index (χ2n) is 6.15. The van der Waals surface area contributed by atoms with Gasteiger partial charge in [-0.05, 0) is 35.2 Å². The molecule has 3 rings (SSSR count). The Hall–Kier alpha value is -2.07. The molecule has 4 heteroatoms. The van der Waals surface area contributed by atoms with Gasteiger partial charge in [0, 0.05) is 13.1 Å². The highest BCUT2D eigenvalue weighted by molar-refractivity contribution is 5.83. The number of hydrogen-bond donors (Lipinski definition) is 3. The van der Waals surface area contributed by atoms with Crippen LogP contribution in [-0.2, 0) is 6.54 Å². The van der Waals surface area contributed by atoms with E-state index < -0.39 is 5.60 Å². The van der Waals surface area contributed by atoms with Gasteiger partial charge in [-0.3, -0.25) is 0 Å². The minimum atomic E-state index is -0.708. The number of hydrogen-bond acceptors (Lipinski definition) is 2. The van der Waals surface area contributed by atoms with Gasteiger partial charge in [0.05, 0.1) is 5.60 Å². The molecule has 3 N–H and O–H groups in total. The normalized spacial score (nSPS) is 16.6. The van der Waals surface area contributed by atoms with Gasteiger partial charge in [0.2, 0.25) is 0 Å². The molecule has 1 fully saturated rings. The lowest BCUT2D eigenvalue weighted by Gasteiger charge is -2.22. The van der Waals surface area contributed by atoms with Crippen LogP contribution in [0.3, 0.4) is 0 Å². The average molecular weight is 298 g/mol. The van der Waals surface area contributed by atoms with Crippen LogP contribution in [-0.4, -0.2) is 23.3 Å². The van der Waals surface area contributed by atoms with Crippen LogP contribution < -0.4 is 10.6 Å². The molecule has 0 saturated heterocycles. The maximum absolute atomic E-state index is 11.8. The molecule has 0 unspecified atom stereocenters. The van der Waals surface area contributed by atoms with Crippen molar-refractivity contribution in [3.05, 3.63) is 48.0 Å². The quantitative estimate of drug-likeness (QED) is 0.812. The fourth-order valence-electron chi connectivity index (χ4n) is 3.05. The minimum absolute atomic E-state index is 0.228. The maximum atomic E-state index is 11.8. The van der Waals surface area contributed by atoms with Crippen LogP contribution in [0.1, 0.15) is 31.2 Å². The Labute approximate surface area is 130 Å². The predicted molar refractivity (Wildman–Crippen MR) is 87.6 cm³/mol. The van der Waals surface area contributed by atoms with Crippen molar-refractivity contribution in [2.45, 2.75) is 37.8 Å². The number of rotatable bonds is 4. The van der Waals surface area contributed by atoms with Crippen LogP contribution in [0.2, 0.25) is 0 Å². The Kier molecular flexibility index (Phi) is 4.29. The summed E-state index contributed by atoms with van der Waals surface area (Å²) in [5.41, 5.74) is 0.355. The molecular formula is C18H22N2O2. The SMILES string of the molecule is O=C(NCc1ccc2ccccc2c1)NCC1(O)CCCC1. The molecule has 1 aliphatic rings. The predicted octanol–water partition coefficient (Wildman–Crippen LogP) is 2.94. The number of urea groups is 1. The molecule has 2 amide bonds. The molecule has 2 aromatic rings. The van der Waals surface area contributed by atoms with Crippen molar-refractivity contribution in [2.24, 2.45) is 0 Å². The Balaban J connectivity index is 1.51. The lowest BCUT2D eigenvalue weighted by Crippen LogP contribution is -2.44. The third-order valence-corrected chi connectivity index (χ3v) is 4.38. The number of carbonyl (C=O) groups excluding carboxylic acids is 1. The first kappa shape index (κ1) is 14.9. The summed E-state index contributed by atoms with van der Waals surface area (Å²) in [7, 11) is 0. The molecule has 0 aromatic heterocycles. The van der Waals surface area contributed by atoms with E-state index in [1.54, 1.807) is 0 Å². The van der Waals surface area contributed by atoms with Crippen molar-refractivity contribution >= 4 is 16.8 Å². The fourth-order valence-corrected chi connectivity index (χ4v) is 3.05. The number of nitrogens with one attached hydrogen (secondary N) is 2. The summed E-state index contributed by atoms with van der Waals surface area (Å²) in [4.78, 5) is 11.8. The summed E-state index contributed by atoms with van der Waals surface area (Å²) in [6, 6.07) is 14.1. The van der Waals surface area contributed by atoms with Crippen molar-refractivity contribution in [1.29, 1.82) is 0 Å². The summed E-state index contributed by atoms with van der Waals surface area (Å²) >= 11 is 0. The van der Waals surface area contributed by atoms with Gasteiger partial charge < -0.3 is 15.7 Å². The molecule has 0 radical (unpaired) electrons. The van der Waals surface area contributed by atoms with Crippen LogP contribution in [0.15, 0.2) is 42.5 Å². The summed E-state index contributed by atoms with van der Waals surface area (Å²) in [5, 5.41) is 18.2. The first-order valence-corrected chi connectivity index (χ1v) is 7.86. The van der Waals surface area contributed by atoms with Gasteiger partial charge in [0.15, 0.2) is 0 Å². The zero-order valence-electron chi connectivity index (χ0n) is 12.6. The van der Waals surface area contributed by atoms with Crippen molar-refractivity contribution in [2.75, 3.05) is 6.54 Å². The molecule has 0 spiro atoms. The molecule has 0 bridgehead atoms. The molecule has 1 saturated carbocycles. The van der Waals surface area contributed by atoms with Crippen molar-refractivity contribution in [3.63, 3.8) is 0 Å². The Morgan fingerprint density at radius 3 is 2.55 bits per heavy atom. The molecule has 0 atom stereocenters.